The summed E-state index contributed by atoms with van der Waals surface area (Å²) in [6.45, 7) is 1.64. The van der Waals surface area contributed by atoms with E-state index in [4.69, 9.17) is 31.9 Å². The molecule has 3 atom stereocenters. The largest absolute Gasteiger partial charge is 0.481 e. The molecule has 0 aliphatic carbocycles. The van der Waals surface area contributed by atoms with Crippen molar-refractivity contribution in [1.29, 1.82) is 0 Å². The fraction of sp³-hybridized carbons (Fsp3) is 0.289. The van der Waals surface area contributed by atoms with Crippen LogP contribution in [-0.2, 0) is 19.2 Å². The number of H-pyrrole nitrogens is 2. The monoisotopic (exact) mass is 888 g/mol. The van der Waals surface area contributed by atoms with Crippen LogP contribution < -0.4 is 59.8 Å². The number of carboxylic acids is 4. The maximum absolute atomic E-state index is 12.3. The van der Waals surface area contributed by atoms with Crippen LogP contribution in [0.4, 0.5) is 46.3 Å². The molecule has 2 aliphatic heterocycles. The summed E-state index contributed by atoms with van der Waals surface area (Å²) in [5.41, 5.74) is 13.1. The van der Waals surface area contributed by atoms with E-state index in [9.17, 15) is 38.4 Å². The molecule has 0 saturated heterocycles. The number of nitrogen functional groups attached to an aromatic ring is 2. The first kappa shape index (κ1) is 46.4. The average molecular weight is 889 g/mol. The minimum atomic E-state index is -1.31. The molecular weight excluding hydrogens is 845 g/mol. The van der Waals surface area contributed by atoms with E-state index in [1.807, 2.05) is 0 Å². The van der Waals surface area contributed by atoms with E-state index in [2.05, 4.69) is 62.1 Å². The highest BCUT2D eigenvalue weighted by molar-refractivity contribution is 5.99. The second-order valence-corrected chi connectivity index (χ2v) is 14.1. The van der Waals surface area contributed by atoms with Crippen molar-refractivity contribution in [2.75, 3.05) is 64.2 Å². The lowest BCUT2D eigenvalue weighted by molar-refractivity contribution is -0.142. The van der Waals surface area contributed by atoms with Gasteiger partial charge in [-0.15, -0.1) is 0 Å². The molecule has 338 valence electrons. The zero-order chi connectivity index (χ0) is 46.5. The first-order chi connectivity index (χ1) is 30.4. The van der Waals surface area contributed by atoms with E-state index in [1.54, 1.807) is 24.3 Å². The molecule has 2 aliphatic rings. The van der Waals surface area contributed by atoms with Gasteiger partial charge in [0.2, 0.25) is 11.9 Å². The Morgan fingerprint density at radius 3 is 1.70 bits per heavy atom. The highest BCUT2D eigenvalue weighted by Gasteiger charge is 2.24. The Labute approximate surface area is 360 Å². The third kappa shape index (κ3) is 13.1. The topological polar surface area (TPSA) is 423 Å². The SMILES string of the molecule is Nc1nc2c(c(=O)[nH]1)N=C(CNc1ccc(C(=O)NC(CCC(=O)O)C(=O)O)cc1)CN2.Nc1nc2c(c(=O)[nH]1)NC(CNc1ccc(C(=O)NC(CCC(=O)O)C(=O)O)cc1)CN2. The Morgan fingerprint density at radius 1 is 0.688 bits per heavy atom. The molecule has 0 saturated carbocycles. The van der Waals surface area contributed by atoms with Crippen LogP contribution in [0.15, 0.2) is 63.1 Å². The number of aliphatic imine (C=N–C) groups is 1. The number of nitrogens with one attached hydrogen (secondary N) is 9. The summed E-state index contributed by atoms with van der Waals surface area (Å²) >= 11 is 0. The van der Waals surface area contributed by atoms with Crippen LogP contribution in [0, 0.1) is 0 Å². The van der Waals surface area contributed by atoms with Crippen molar-refractivity contribution in [3.05, 3.63) is 80.4 Å². The molecule has 26 nitrogen and oxygen atoms in total. The molecule has 0 bridgehead atoms. The average Bonchev–Trinajstić information content (AvgIpc) is 3.25. The summed E-state index contributed by atoms with van der Waals surface area (Å²) in [7, 11) is 0. The number of benzene rings is 2. The second kappa shape index (κ2) is 21.2. The minimum Gasteiger partial charge on any atom is -0.481 e. The lowest BCUT2D eigenvalue weighted by Crippen LogP contribution is -2.41. The lowest BCUT2D eigenvalue weighted by Gasteiger charge is -2.27. The van der Waals surface area contributed by atoms with Crippen molar-refractivity contribution >= 4 is 87.7 Å². The van der Waals surface area contributed by atoms with Crippen LogP contribution in [0.3, 0.4) is 0 Å². The third-order valence-corrected chi connectivity index (χ3v) is 9.29. The molecule has 4 heterocycles. The Bertz CT molecular complexity index is 2540. The number of carbonyl (C=O) groups is 6. The van der Waals surface area contributed by atoms with E-state index < -0.39 is 53.3 Å². The van der Waals surface area contributed by atoms with Crippen molar-refractivity contribution in [3.63, 3.8) is 0 Å². The van der Waals surface area contributed by atoms with Crippen LogP contribution in [-0.4, -0.2) is 126 Å². The predicted octanol–water partition coefficient (Wildman–Crippen LogP) is -0.272. The van der Waals surface area contributed by atoms with Crippen molar-refractivity contribution < 1.29 is 49.2 Å². The van der Waals surface area contributed by atoms with Gasteiger partial charge in [-0.25, -0.2) is 14.6 Å². The molecule has 17 N–H and O–H groups in total. The van der Waals surface area contributed by atoms with Crippen molar-refractivity contribution in [3.8, 4) is 0 Å². The number of fused-ring (bicyclic) bond motifs is 2. The maximum atomic E-state index is 12.3. The molecule has 2 aromatic carbocycles. The minimum absolute atomic E-state index is 0.00119. The summed E-state index contributed by atoms with van der Waals surface area (Å²) in [4.78, 5) is 109. The number of nitrogens with two attached hydrogens (primary N) is 2. The number of aromatic amines is 2. The van der Waals surface area contributed by atoms with E-state index >= 15 is 0 Å². The molecule has 6 rings (SSSR count). The molecule has 0 fully saturated rings. The van der Waals surface area contributed by atoms with Gasteiger partial charge in [-0.05, 0) is 61.4 Å². The Hall–Kier alpha value is -8.71. The molecule has 3 unspecified atom stereocenters. The Balaban J connectivity index is 0.000000241. The number of carbonyl (C=O) groups excluding carboxylic acids is 2. The quantitative estimate of drug-likeness (QED) is 0.0611. The van der Waals surface area contributed by atoms with Crippen molar-refractivity contribution in [1.82, 2.24) is 30.6 Å². The van der Waals surface area contributed by atoms with Gasteiger partial charge in [-0.3, -0.25) is 38.7 Å². The van der Waals surface area contributed by atoms with Gasteiger partial charge in [0.25, 0.3) is 22.9 Å². The van der Waals surface area contributed by atoms with Gasteiger partial charge in [-0.2, -0.15) is 9.97 Å². The smallest absolute Gasteiger partial charge is 0.326 e. The van der Waals surface area contributed by atoms with Gasteiger partial charge in [0.1, 0.15) is 17.8 Å². The number of nitrogens with zero attached hydrogens (tertiary/aromatic N) is 3. The number of anilines is 7. The molecule has 0 spiro atoms. The van der Waals surface area contributed by atoms with Crippen LogP contribution in [0.25, 0.3) is 0 Å². The fourth-order valence-corrected chi connectivity index (χ4v) is 6.01. The number of carboxylic acid groups (broad SMARTS) is 4. The maximum Gasteiger partial charge on any atom is 0.326 e. The zero-order valence-corrected chi connectivity index (χ0v) is 33.6. The number of aromatic nitrogens is 4. The molecule has 64 heavy (non-hydrogen) atoms. The van der Waals surface area contributed by atoms with E-state index in [0.717, 1.165) is 0 Å². The highest BCUT2D eigenvalue weighted by Crippen LogP contribution is 2.22. The van der Waals surface area contributed by atoms with Gasteiger partial charge in [-0.1, -0.05) is 0 Å². The zero-order valence-electron chi connectivity index (χ0n) is 33.6. The van der Waals surface area contributed by atoms with E-state index in [1.165, 1.54) is 24.3 Å². The van der Waals surface area contributed by atoms with Crippen LogP contribution in [0.2, 0.25) is 0 Å². The molecule has 4 aromatic rings. The van der Waals surface area contributed by atoms with Crippen molar-refractivity contribution in [2.24, 2.45) is 4.99 Å². The van der Waals surface area contributed by atoms with Gasteiger partial charge in [0.05, 0.1) is 24.8 Å². The summed E-state index contributed by atoms with van der Waals surface area (Å²) in [5, 5.41) is 55.7. The molecule has 2 aromatic heterocycles. The number of amides is 2. The standard InChI is InChI=1S/C19H23N7O6.C19H21N7O6/c2*20-19-25-15-14(17(30)26-19)23-11(8-22-15)7-21-10-3-1-9(2-4-10)16(29)24-12(18(31)32)5-6-13(27)28/h1-4,11-12,21,23H,5-8H2,(H,24,29)(H,27,28)(H,31,32)(H4,20,22,25,26,30);1-4,12,21H,5-8H2,(H,24,29)(H,27,28)(H,31,32)(H4,20,22,25,26,30). The van der Waals surface area contributed by atoms with Crippen LogP contribution in [0.5, 0.6) is 0 Å². The Morgan fingerprint density at radius 2 is 1.19 bits per heavy atom. The summed E-state index contributed by atoms with van der Waals surface area (Å²) < 4.78 is 0. The van der Waals surface area contributed by atoms with Gasteiger partial charge < -0.3 is 69.1 Å². The number of hydrogen-bond acceptors (Lipinski definition) is 18. The summed E-state index contributed by atoms with van der Waals surface area (Å²) in [5.74, 6) is -5.41. The first-order valence-electron chi connectivity index (χ1n) is 19.2. The molecule has 26 heteroatoms. The van der Waals surface area contributed by atoms with Crippen LogP contribution >= 0.6 is 0 Å². The van der Waals surface area contributed by atoms with Crippen LogP contribution in [0.1, 0.15) is 46.4 Å². The van der Waals surface area contributed by atoms with Gasteiger partial charge in [0.15, 0.2) is 17.3 Å². The lowest BCUT2D eigenvalue weighted by atomic mass is 10.1. The molecular formula is C38H44N14O12. The fourth-order valence-electron chi connectivity index (χ4n) is 6.01. The highest BCUT2D eigenvalue weighted by atomic mass is 16.4. The normalized spacial score (nSPS) is 14.3. The Kier molecular flexibility index (Phi) is 15.4. The first-order valence-corrected chi connectivity index (χ1v) is 19.2. The molecule has 2 amide bonds. The number of aliphatic carboxylic acids is 4. The number of hydrogen-bond donors (Lipinski definition) is 15. The summed E-state index contributed by atoms with van der Waals surface area (Å²) in [6, 6.07) is 9.89. The molecule has 0 radical (unpaired) electrons. The number of rotatable bonds is 18. The van der Waals surface area contributed by atoms with Gasteiger partial charge in [0, 0.05) is 48.4 Å². The third-order valence-electron chi connectivity index (χ3n) is 9.29. The van der Waals surface area contributed by atoms with Gasteiger partial charge >= 0.3 is 23.9 Å². The predicted molar refractivity (Wildman–Crippen MR) is 231 cm³/mol. The van der Waals surface area contributed by atoms with Crippen molar-refractivity contribution in [2.45, 2.75) is 43.8 Å². The van der Waals surface area contributed by atoms with E-state index in [0.29, 0.717) is 60.6 Å². The second-order valence-electron chi connectivity index (χ2n) is 14.1. The summed E-state index contributed by atoms with van der Waals surface area (Å²) in [6.07, 6.45) is -1.19. The van der Waals surface area contributed by atoms with E-state index in [-0.39, 0.29) is 66.0 Å².